The maximum absolute atomic E-state index is 4.35. The number of hydrogen-bond acceptors (Lipinski definition) is 4. The highest BCUT2D eigenvalue weighted by Crippen LogP contribution is 2.17. The fourth-order valence-corrected chi connectivity index (χ4v) is 4.06. The Kier molecular flexibility index (Phi) is 7.58. The van der Waals surface area contributed by atoms with Gasteiger partial charge in [0.05, 0.1) is 0 Å². The number of halogens is 1. The topological polar surface area (TPSA) is 42.9 Å². The third-order valence-electron chi connectivity index (χ3n) is 4.81. The summed E-state index contributed by atoms with van der Waals surface area (Å²) >= 11 is 1.76. The first kappa shape index (κ1) is 19.0. The van der Waals surface area contributed by atoms with Gasteiger partial charge in [-0.25, -0.2) is 0 Å². The molecule has 2 atom stereocenters. The van der Waals surface area contributed by atoms with Crippen LogP contribution in [-0.4, -0.2) is 74.7 Å². The average molecular weight is 449 g/mol. The van der Waals surface area contributed by atoms with E-state index in [1.165, 1.54) is 38.3 Å². The molecular weight excluding hydrogens is 421 g/mol. The summed E-state index contributed by atoms with van der Waals surface area (Å²) in [7, 11) is 1.85. The summed E-state index contributed by atoms with van der Waals surface area (Å²) in [4.78, 5) is 9.53. The molecule has 7 heteroatoms. The van der Waals surface area contributed by atoms with Crippen molar-refractivity contribution < 1.29 is 0 Å². The molecule has 1 aromatic rings. The number of rotatable bonds is 5. The third-order valence-corrected chi connectivity index (χ3v) is 5.51. The summed E-state index contributed by atoms with van der Waals surface area (Å²) in [5, 5.41) is 11.3. The van der Waals surface area contributed by atoms with Crippen LogP contribution in [0.2, 0.25) is 0 Å². The molecule has 0 aromatic carbocycles. The molecule has 2 unspecified atom stereocenters. The molecule has 3 fully saturated rings. The number of nitrogens with zero attached hydrogens (tertiary/aromatic N) is 3. The van der Waals surface area contributed by atoms with Crippen LogP contribution in [0.1, 0.15) is 18.4 Å². The molecule has 1 aromatic heterocycles. The van der Waals surface area contributed by atoms with E-state index in [-0.39, 0.29) is 24.0 Å². The molecule has 0 radical (unpaired) electrons. The van der Waals surface area contributed by atoms with Crippen molar-refractivity contribution in [2.24, 2.45) is 4.99 Å². The molecule has 23 heavy (non-hydrogen) atoms. The number of piperazine rings is 3. The van der Waals surface area contributed by atoms with Gasteiger partial charge < -0.3 is 10.6 Å². The van der Waals surface area contributed by atoms with Gasteiger partial charge in [0.2, 0.25) is 0 Å². The van der Waals surface area contributed by atoms with Crippen molar-refractivity contribution in [3.63, 3.8) is 0 Å². The molecule has 3 aliphatic heterocycles. The molecule has 3 saturated heterocycles. The van der Waals surface area contributed by atoms with Gasteiger partial charge in [0, 0.05) is 58.9 Å². The summed E-state index contributed by atoms with van der Waals surface area (Å²) in [5.41, 5.74) is 1.40. The van der Waals surface area contributed by atoms with Crippen LogP contribution in [0.5, 0.6) is 0 Å². The predicted octanol–water partition coefficient (Wildman–Crippen LogP) is 1.63. The zero-order valence-corrected chi connectivity index (χ0v) is 17.1. The van der Waals surface area contributed by atoms with Crippen molar-refractivity contribution in [3.8, 4) is 0 Å². The average Bonchev–Trinajstić information content (AvgIpc) is 3.10. The number of guanidine groups is 1. The Balaban J connectivity index is 0.00000192. The van der Waals surface area contributed by atoms with Crippen LogP contribution in [0.15, 0.2) is 21.8 Å². The van der Waals surface area contributed by atoms with Crippen molar-refractivity contribution >= 4 is 41.3 Å². The second kappa shape index (κ2) is 9.19. The molecule has 2 N–H and O–H groups in total. The second-order valence-electron chi connectivity index (χ2n) is 6.28. The first-order valence-electron chi connectivity index (χ1n) is 8.19. The quantitative estimate of drug-likeness (QED) is 0.408. The first-order valence-corrected chi connectivity index (χ1v) is 9.13. The maximum atomic E-state index is 4.35. The van der Waals surface area contributed by atoms with Crippen LogP contribution in [0, 0.1) is 0 Å². The van der Waals surface area contributed by atoms with E-state index >= 15 is 0 Å². The Morgan fingerprint density at radius 1 is 1.35 bits per heavy atom. The van der Waals surface area contributed by atoms with Crippen molar-refractivity contribution in [3.05, 3.63) is 22.4 Å². The van der Waals surface area contributed by atoms with Gasteiger partial charge in [-0.05, 0) is 28.3 Å². The van der Waals surface area contributed by atoms with E-state index in [1.807, 2.05) is 7.05 Å². The summed E-state index contributed by atoms with van der Waals surface area (Å²) in [6, 6.07) is 2.82. The van der Waals surface area contributed by atoms with Crippen molar-refractivity contribution in [1.82, 2.24) is 20.4 Å². The molecule has 0 spiro atoms. The molecule has 2 bridgehead atoms. The molecule has 0 saturated carbocycles. The minimum absolute atomic E-state index is 0. The normalized spacial score (nSPS) is 28.1. The number of fused-ring (bicyclic) bond motifs is 3. The lowest BCUT2D eigenvalue weighted by molar-refractivity contribution is 0.0154. The number of nitrogens with one attached hydrogen (secondary N) is 2. The second-order valence-corrected chi connectivity index (χ2v) is 7.06. The number of thiophene rings is 1. The lowest BCUT2D eigenvalue weighted by atomic mass is 10.1. The smallest absolute Gasteiger partial charge is 0.191 e. The summed E-state index contributed by atoms with van der Waals surface area (Å²) in [6.45, 7) is 10.2. The van der Waals surface area contributed by atoms with Crippen molar-refractivity contribution in [2.45, 2.75) is 18.9 Å². The van der Waals surface area contributed by atoms with Gasteiger partial charge in [0.25, 0.3) is 0 Å². The minimum atomic E-state index is 0. The van der Waals surface area contributed by atoms with Crippen molar-refractivity contribution in [1.29, 1.82) is 0 Å². The zero-order valence-electron chi connectivity index (χ0n) is 14.0. The van der Waals surface area contributed by atoms with Crippen LogP contribution >= 0.6 is 35.3 Å². The van der Waals surface area contributed by atoms with Crippen LogP contribution in [0.4, 0.5) is 0 Å². The monoisotopic (exact) mass is 449 g/mol. The van der Waals surface area contributed by atoms with Gasteiger partial charge in [-0.1, -0.05) is 6.92 Å². The SMILES string of the molecule is CN=C(NCC(C)c1ccsc1)NCC1CN2CCN1CC2.I. The zero-order chi connectivity index (χ0) is 15.4. The molecular formula is C16H28IN5S. The Bertz CT molecular complexity index is 485. The Labute approximate surface area is 160 Å². The van der Waals surface area contributed by atoms with E-state index in [2.05, 4.69) is 49.2 Å². The fraction of sp³-hybridized carbons (Fsp3) is 0.688. The number of aliphatic imine (C=N–C) groups is 1. The molecule has 4 rings (SSSR count). The van der Waals surface area contributed by atoms with E-state index < -0.39 is 0 Å². The van der Waals surface area contributed by atoms with E-state index in [0.717, 1.165) is 19.0 Å². The lowest BCUT2D eigenvalue weighted by Crippen LogP contribution is -2.63. The highest BCUT2D eigenvalue weighted by molar-refractivity contribution is 14.0. The van der Waals surface area contributed by atoms with Crippen LogP contribution < -0.4 is 10.6 Å². The Morgan fingerprint density at radius 2 is 2.13 bits per heavy atom. The Morgan fingerprint density at radius 3 is 2.70 bits per heavy atom. The van der Waals surface area contributed by atoms with Crippen LogP contribution in [-0.2, 0) is 0 Å². The molecule has 5 nitrogen and oxygen atoms in total. The van der Waals surface area contributed by atoms with Gasteiger partial charge in [0.15, 0.2) is 5.96 Å². The van der Waals surface area contributed by atoms with E-state index in [9.17, 15) is 0 Å². The van der Waals surface area contributed by atoms with E-state index in [1.54, 1.807) is 11.3 Å². The first-order chi connectivity index (χ1) is 10.8. The van der Waals surface area contributed by atoms with Gasteiger partial charge in [-0.3, -0.25) is 14.8 Å². The highest BCUT2D eigenvalue weighted by atomic mass is 127. The predicted molar refractivity (Wildman–Crippen MR) is 109 cm³/mol. The molecule has 3 aliphatic rings. The third kappa shape index (κ3) is 5.04. The van der Waals surface area contributed by atoms with Crippen molar-refractivity contribution in [2.75, 3.05) is 52.9 Å². The summed E-state index contributed by atoms with van der Waals surface area (Å²) in [5.74, 6) is 1.42. The maximum Gasteiger partial charge on any atom is 0.191 e. The fourth-order valence-electron chi connectivity index (χ4n) is 3.28. The molecule has 0 aliphatic carbocycles. The molecule has 0 amide bonds. The lowest BCUT2D eigenvalue weighted by Gasteiger charge is -2.47. The van der Waals surface area contributed by atoms with E-state index in [4.69, 9.17) is 0 Å². The molecule has 130 valence electrons. The largest absolute Gasteiger partial charge is 0.356 e. The number of hydrogen-bond donors (Lipinski definition) is 2. The van der Waals surface area contributed by atoms with Gasteiger partial charge in [-0.2, -0.15) is 11.3 Å². The van der Waals surface area contributed by atoms with Crippen LogP contribution in [0.3, 0.4) is 0 Å². The summed E-state index contributed by atoms with van der Waals surface area (Å²) in [6.07, 6.45) is 0. The van der Waals surface area contributed by atoms with Gasteiger partial charge in [0.1, 0.15) is 0 Å². The highest BCUT2D eigenvalue weighted by Gasteiger charge is 2.31. The summed E-state index contributed by atoms with van der Waals surface area (Å²) < 4.78 is 0. The van der Waals surface area contributed by atoms with Gasteiger partial charge >= 0.3 is 0 Å². The Hall–Kier alpha value is -0.380. The molecule has 4 heterocycles. The standard InChI is InChI=1S/C16H27N5S.HI/c1-13(14-3-8-22-12-14)9-18-16(17-2)19-10-15-11-20-4-6-21(15)7-5-20;/h3,8,12-13,15H,4-7,9-11H2,1-2H3,(H2,17,18,19);1H. The van der Waals surface area contributed by atoms with E-state index in [0.29, 0.717) is 12.0 Å². The van der Waals surface area contributed by atoms with Crippen LogP contribution in [0.25, 0.3) is 0 Å². The minimum Gasteiger partial charge on any atom is -0.356 e. The van der Waals surface area contributed by atoms with Gasteiger partial charge in [-0.15, -0.1) is 24.0 Å².